The Morgan fingerprint density at radius 1 is 1.53 bits per heavy atom. The van der Waals surface area contributed by atoms with Crippen LogP contribution in [0.4, 0.5) is 0 Å². The van der Waals surface area contributed by atoms with Crippen LogP contribution in [0.1, 0.15) is 18.9 Å². The van der Waals surface area contributed by atoms with Gasteiger partial charge < -0.3 is 10.4 Å². The number of carboxylic acids is 1. The molecule has 7 nitrogen and oxygen atoms in total. The topological polar surface area (TPSA) is 92.9 Å². The van der Waals surface area contributed by atoms with Crippen LogP contribution >= 0.6 is 11.3 Å². The van der Waals surface area contributed by atoms with Crippen molar-refractivity contribution in [1.82, 2.24) is 25.5 Å². The first kappa shape index (κ1) is 12.2. The summed E-state index contributed by atoms with van der Waals surface area (Å²) in [6, 6.07) is 3.50. The number of tetrazole rings is 1. The molecule has 2 atom stereocenters. The molecule has 1 saturated heterocycles. The van der Waals surface area contributed by atoms with Gasteiger partial charge in [0, 0.05) is 6.54 Å². The molecule has 3 rings (SSSR count). The van der Waals surface area contributed by atoms with E-state index in [1.165, 1.54) is 0 Å². The van der Waals surface area contributed by atoms with E-state index in [0.717, 1.165) is 11.3 Å². The van der Waals surface area contributed by atoms with E-state index in [-0.39, 0.29) is 6.04 Å². The fraction of sp³-hybridized carbons (Fsp3) is 0.455. The standard InChI is InChI=1S/C11H13N5O2S/c17-11(18)8-4-3-7(6-12-8)16-14-10(13-15-16)9-2-1-5-19-9/h1-2,5,7-8,12H,3-4,6H2,(H,17,18). The van der Waals surface area contributed by atoms with Crippen LogP contribution in [0, 0.1) is 0 Å². The fourth-order valence-corrected chi connectivity index (χ4v) is 2.78. The molecule has 0 saturated carbocycles. The molecule has 19 heavy (non-hydrogen) atoms. The Hall–Kier alpha value is -1.80. The lowest BCUT2D eigenvalue weighted by molar-refractivity contribution is -0.140. The molecule has 0 aliphatic carbocycles. The van der Waals surface area contributed by atoms with Crippen LogP contribution in [-0.4, -0.2) is 43.9 Å². The highest BCUT2D eigenvalue weighted by Gasteiger charge is 2.27. The van der Waals surface area contributed by atoms with Crippen molar-refractivity contribution < 1.29 is 9.90 Å². The number of aliphatic carboxylic acids is 1. The summed E-state index contributed by atoms with van der Waals surface area (Å²) in [4.78, 5) is 13.4. The summed E-state index contributed by atoms with van der Waals surface area (Å²) in [7, 11) is 0. The zero-order valence-electron chi connectivity index (χ0n) is 10.1. The molecule has 0 radical (unpaired) electrons. The molecule has 0 spiro atoms. The van der Waals surface area contributed by atoms with E-state index >= 15 is 0 Å². The van der Waals surface area contributed by atoms with Gasteiger partial charge in [-0.3, -0.25) is 4.79 Å². The first-order chi connectivity index (χ1) is 9.24. The zero-order chi connectivity index (χ0) is 13.2. The molecule has 1 aliphatic heterocycles. The number of aromatic nitrogens is 4. The second kappa shape index (κ2) is 5.06. The minimum Gasteiger partial charge on any atom is -0.480 e. The fourth-order valence-electron chi connectivity index (χ4n) is 2.13. The van der Waals surface area contributed by atoms with Crippen molar-refractivity contribution in [2.24, 2.45) is 0 Å². The van der Waals surface area contributed by atoms with Crippen LogP contribution in [0.25, 0.3) is 10.7 Å². The van der Waals surface area contributed by atoms with Gasteiger partial charge in [0.2, 0.25) is 5.82 Å². The van der Waals surface area contributed by atoms with Gasteiger partial charge in [0.1, 0.15) is 6.04 Å². The van der Waals surface area contributed by atoms with Gasteiger partial charge in [-0.25, -0.2) is 0 Å². The molecule has 8 heteroatoms. The molecule has 2 aromatic heterocycles. The Morgan fingerprint density at radius 2 is 2.42 bits per heavy atom. The van der Waals surface area contributed by atoms with Crippen LogP contribution < -0.4 is 5.32 Å². The van der Waals surface area contributed by atoms with Crippen LogP contribution in [-0.2, 0) is 4.79 Å². The van der Waals surface area contributed by atoms with E-state index < -0.39 is 12.0 Å². The lowest BCUT2D eigenvalue weighted by atomic mass is 10.0. The number of piperidine rings is 1. The average molecular weight is 279 g/mol. The molecule has 0 aromatic carbocycles. The van der Waals surface area contributed by atoms with Crippen molar-refractivity contribution in [2.45, 2.75) is 24.9 Å². The molecule has 0 amide bonds. The van der Waals surface area contributed by atoms with E-state index in [4.69, 9.17) is 5.11 Å². The summed E-state index contributed by atoms with van der Waals surface area (Å²) in [5, 5.41) is 26.3. The largest absolute Gasteiger partial charge is 0.480 e. The minimum atomic E-state index is -0.802. The predicted octanol–water partition coefficient (Wildman–Crippen LogP) is 0.779. The summed E-state index contributed by atoms with van der Waals surface area (Å²) in [6.45, 7) is 0.553. The maximum atomic E-state index is 10.8. The molecule has 2 unspecified atom stereocenters. The van der Waals surface area contributed by atoms with Gasteiger partial charge in [0.25, 0.3) is 0 Å². The highest BCUT2D eigenvalue weighted by molar-refractivity contribution is 7.13. The number of hydrogen-bond donors (Lipinski definition) is 2. The summed E-state index contributed by atoms with van der Waals surface area (Å²) >= 11 is 1.57. The van der Waals surface area contributed by atoms with Gasteiger partial charge >= 0.3 is 5.97 Å². The van der Waals surface area contributed by atoms with Gasteiger partial charge in [0.05, 0.1) is 10.9 Å². The average Bonchev–Trinajstić information content (AvgIpc) is 3.10. The van der Waals surface area contributed by atoms with Crippen LogP contribution in [0.2, 0.25) is 0 Å². The van der Waals surface area contributed by atoms with Gasteiger partial charge in [-0.05, 0) is 29.5 Å². The molecule has 3 heterocycles. The molecule has 100 valence electrons. The van der Waals surface area contributed by atoms with E-state index in [9.17, 15) is 4.79 Å². The third kappa shape index (κ3) is 2.49. The van der Waals surface area contributed by atoms with Crippen LogP contribution in [0.15, 0.2) is 17.5 Å². The second-order valence-electron chi connectivity index (χ2n) is 4.44. The van der Waals surface area contributed by atoms with E-state index in [1.807, 2.05) is 17.5 Å². The number of rotatable bonds is 3. The quantitative estimate of drug-likeness (QED) is 0.862. The molecule has 0 bridgehead atoms. The van der Waals surface area contributed by atoms with Crippen LogP contribution in [0.5, 0.6) is 0 Å². The van der Waals surface area contributed by atoms with Crippen molar-refractivity contribution in [3.8, 4) is 10.7 Å². The Morgan fingerprint density at radius 3 is 3.05 bits per heavy atom. The number of thiophene rings is 1. The SMILES string of the molecule is O=C(O)C1CCC(n2nnc(-c3cccs3)n2)CN1. The Labute approximate surface area is 113 Å². The second-order valence-corrected chi connectivity index (χ2v) is 5.39. The first-order valence-corrected chi connectivity index (χ1v) is 6.91. The van der Waals surface area contributed by atoms with E-state index in [1.54, 1.807) is 16.1 Å². The zero-order valence-corrected chi connectivity index (χ0v) is 10.9. The molecular formula is C11H13N5O2S. The Bertz CT molecular complexity index is 559. The number of nitrogens with one attached hydrogen (secondary N) is 1. The van der Waals surface area contributed by atoms with Crippen molar-refractivity contribution in [3.63, 3.8) is 0 Å². The summed E-state index contributed by atoms with van der Waals surface area (Å²) in [5.41, 5.74) is 0. The third-order valence-corrected chi connectivity index (χ3v) is 4.05. The summed E-state index contributed by atoms with van der Waals surface area (Å²) in [5.74, 6) is -0.181. The van der Waals surface area contributed by atoms with E-state index in [2.05, 4.69) is 20.7 Å². The molecule has 2 N–H and O–H groups in total. The highest BCUT2D eigenvalue weighted by atomic mass is 32.1. The maximum Gasteiger partial charge on any atom is 0.320 e. The first-order valence-electron chi connectivity index (χ1n) is 6.03. The van der Waals surface area contributed by atoms with Crippen molar-refractivity contribution in [1.29, 1.82) is 0 Å². The summed E-state index contributed by atoms with van der Waals surface area (Å²) in [6.07, 6.45) is 1.32. The number of carboxylic acid groups (broad SMARTS) is 1. The van der Waals surface area contributed by atoms with Crippen molar-refractivity contribution >= 4 is 17.3 Å². The van der Waals surface area contributed by atoms with Gasteiger partial charge in [-0.1, -0.05) is 6.07 Å². The normalized spacial score (nSPS) is 23.4. The lowest BCUT2D eigenvalue weighted by Crippen LogP contribution is -2.44. The molecule has 1 aliphatic rings. The number of hydrogen-bond acceptors (Lipinski definition) is 6. The maximum absolute atomic E-state index is 10.8. The molecule has 2 aromatic rings. The van der Waals surface area contributed by atoms with E-state index in [0.29, 0.717) is 18.8 Å². The number of carbonyl (C=O) groups is 1. The number of nitrogens with zero attached hydrogens (tertiary/aromatic N) is 4. The highest BCUT2D eigenvalue weighted by Crippen LogP contribution is 2.22. The van der Waals surface area contributed by atoms with Crippen molar-refractivity contribution in [3.05, 3.63) is 17.5 Å². The molecule has 1 fully saturated rings. The van der Waals surface area contributed by atoms with Gasteiger partial charge in [-0.15, -0.1) is 21.5 Å². The van der Waals surface area contributed by atoms with Gasteiger partial charge in [0.15, 0.2) is 0 Å². The van der Waals surface area contributed by atoms with Crippen LogP contribution in [0.3, 0.4) is 0 Å². The summed E-state index contributed by atoms with van der Waals surface area (Å²) < 4.78 is 0. The predicted molar refractivity (Wildman–Crippen MR) is 68.8 cm³/mol. The van der Waals surface area contributed by atoms with Crippen molar-refractivity contribution in [2.75, 3.05) is 6.54 Å². The lowest BCUT2D eigenvalue weighted by Gasteiger charge is -2.26. The third-order valence-electron chi connectivity index (χ3n) is 3.18. The monoisotopic (exact) mass is 279 g/mol. The Kier molecular flexibility index (Phi) is 3.26. The van der Waals surface area contributed by atoms with Gasteiger partial charge in [-0.2, -0.15) is 4.80 Å². The Balaban J connectivity index is 1.69. The smallest absolute Gasteiger partial charge is 0.320 e. The minimum absolute atomic E-state index is 0.0665. The molecular weight excluding hydrogens is 266 g/mol.